The van der Waals surface area contributed by atoms with Gasteiger partial charge in [-0.1, -0.05) is 0 Å². The topological polar surface area (TPSA) is 328 Å². The van der Waals surface area contributed by atoms with Crippen LogP contribution < -0.4 is 14.9 Å². The van der Waals surface area contributed by atoms with Gasteiger partial charge in [0.25, 0.3) is 0 Å². The summed E-state index contributed by atoms with van der Waals surface area (Å²) in [4.78, 5) is 13.1. The summed E-state index contributed by atoms with van der Waals surface area (Å²) in [5.41, 5.74) is -0.814. The summed E-state index contributed by atoms with van der Waals surface area (Å²) in [6.07, 6.45) is -23.5. The Balaban J connectivity index is 1.19. The highest BCUT2D eigenvalue weighted by Crippen LogP contribution is 2.37. The van der Waals surface area contributed by atoms with Crippen LogP contribution >= 0.6 is 0 Å². The van der Waals surface area contributed by atoms with Gasteiger partial charge in [-0.2, -0.15) is 0 Å². The molecule has 0 bridgehead atoms. The first-order valence-corrected chi connectivity index (χ1v) is 16.4. The van der Waals surface area contributed by atoms with Crippen molar-refractivity contribution >= 4 is 11.0 Å². The van der Waals surface area contributed by atoms with Crippen LogP contribution in [0, 0.1) is 0 Å². The number of ether oxygens (including phenoxy) is 6. The van der Waals surface area contributed by atoms with Gasteiger partial charge in [-0.25, -0.2) is 0 Å². The fourth-order valence-corrected chi connectivity index (χ4v) is 6.14. The molecule has 3 aliphatic rings. The summed E-state index contributed by atoms with van der Waals surface area (Å²) < 4.78 is 38.8. The summed E-state index contributed by atoms with van der Waals surface area (Å²) >= 11 is 0. The molecule has 3 aliphatic heterocycles. The summed E-state index contributed by atoms with van der Waals surface area (Å²) in [6, 6.07) is 6.91. The average Bonchev–Trinajstić information content (AvgIpc) is 3.12. The number of benzene rings is 2. The lowest BCUT2D eigenvalue weighted by Crippen LogP contribution is -2.61. The standard InChI is InChI=1S/C33H40O20/c1-10-22(38)25(41)28(44)31(48-10)47-9-20-24(40)27(43)29(45)32(53-20)49-12-5-14(36)21-15(37)7-17(50-18(21)6-12)11-2-3-16(13(35)4-11)51-33-30(46)26(42)23(39)19(8-34)52-33/h2-7,10,19-20,22-36,38-46H,8-9H2,1H3/t10?,19-,20?,22-,23+,24+,25-,26?,27-,28?,29?,30?,31+,32+,33+/m0/s1. The van der Waals surface area contributed by atoms with Gasteiger partial charge >= 0.3 is 0 Å². The third-order valence-electron chi connectivity index (χ3n) is 9.27. The van der Waals surface area contributed by atoms with Gasteiger partial charge in [0.1, 0.15) is 95.4 Å². The third kappa shape index (κ3) is 7.65. The molecule has 20 heteroatoms. The molecule has 4 heterocycles. The molecule has 0 amide bonds. The van der Waals surface area contributed by atoms with E-state index in [0.717, 1.165) is 24.3 Å². The van der Waals surface area contributed by atoms with Crippen LogP contribution in [0.4, 0.5) is 0 Å². The molecule has 6 rings (SSSR count). The molecule has 6 unspecified atom stereocenters. The van der Waals surface area contributed by atoms with Gasteiger partial charge in [-0.3, -0.25) is 4.79 Å². The van der Waals surface area contributed by atoms with E-state index >= 15 is 0 Å². The van der Waals surface area contributed by atoms with Crippen LogP contribution in [0.15, 0.2) is 45.6 Å². The molecule has 1 aromatic heterocycles. The maximum Gasteiger partial charge on any atom is 0.229 e. The lowest BCUT2D eigenvalue weighted by Gasteiger charge is -2.42. The smallest absolute Gasteiger partial charge is 0.229 e. The molecular formula is C33H40O20. The minimum Gasteiger partial charge on any atom is -0.507 e. The molecule has 0 spiro atoms. The van der Waals surface area contributed by atoms with Gasteiger partial charge in [-0.05, 0) is 25.1 Å². The van der Waals surface area contributed by atoms with Crippen molar-refractivity contribution in [3.8, 4) is 34.3 Å². The Kier molecular flexibility index (Phi) is 11.5. The molecular weight excluding hydrogens is 716 g/mol. The first-order chi connectivity index (χ1) is 25.1. The molecule has 292 valence electrons. The van der Waals surface area contributed by atoms with Gasteiger partial charge in [0.15, 0.2) is 23.2 Å². The van der Waals surface area contributed by atoms with Gasteiger partial charge < -0.3 is 94.1 Å². The van der Waals surface area contributed by atoms with Crippen molar-refractivity contribution in [1.29, 1.82) is 0 Å². The zero-order valence-corrected chi connectivity index (χ0v) is 27.7. The van der Waals surface area contributed by atoms with Crippen molar-refractivity contribution in [2.24, 2.45) is 0 Å². The van der Waals surface area contributed by atoms with Crippen molar-refractivity contribution in [1.82, 2.24) is 0 Å². The van der Waals surface area contributed by atoms with Crippen molar-refractivity contribution < 1.29 is 94.1 Å². The molecule has 3 aromatic rings. The van der Waals surface area contributed by atoms with E-state index in [0.29, 0.717) is 0 Å². The van der Waals surface area contributed by atoms with Crippen molar-refractivity contribution in [3.05, 3.63) is 46.6 Å². The van der Waals surface area contributed by atoms with Gasteiger partial charge in [0, 0.05) is 23.8 Å². The normalized spacial score (nSPS) is 37.8. The van der Waals surface area contributed by atoms with Crippen LogP contribution in [0.25, 0.3) is 22.3 Å². The molecule has 15 atom stereocenters. The first-order valence-electron chi connectivity index (χ1n) is 16.4. The van der Waals surface area contributed by atoms with Gasteiger partial charge in [-0.15, -0.1) is 0 Å². The van der Waals surface area contributed by atoms with Crippen LogP contribution in [-0.4, -0.2) is 167 Å². The summed E-state index contributed by atoms with van der Waals surface area (Å²) in [6.45, 7) is 0.180. The second kappa shape index (κ2) is 15.6. The highest BCUT2D eigenvalue weighted by atomic mass is 16.7. The van der Waals surface area contributed by atoms with Crippen molar-refractivity contribution in [3.63, 3.8) is 0 Å². The Hall–Kier alpha value is -3.71. The molecule has 0 radical (unpaired) electrons. The van der Waals surface area contributed by atoms with Crippen LogP contribution in [0.5, 0.6) is 23.0 Å². The number of aromatic hydroxyl groups is 2. The van der Waals surface area contributed by atoms with Gasteiger partial charge in [0.2, 0.25) is 12.6 Å². The number of aliphatic hydroxyl groups is 10. The van der Waals surface area contributed by atoms with Gasteiger partial charge in [0.05, 0.1) is 19.3 Å². The number of fused-ring (bicyclic) bond motifs is 1. The summed E-state index contributed by atoms with van der Waals surface area (Å²) in [5.74, 6) is -1.72. The van der Waals surface area contributed by atoms with E-state index in [-0.39, 0.29) is 33.8 Å². The Morgan fingerprint density at radius 3 is 1.91 bits per heavy atom. The lowest BCUT2D eigenvalue weighted by molar-refractivity contribution is -0.318. The molecule has 0 aliphatic carbocycles. The largest absolute Gasteiger partial charge is 0.507 e. The maximum absolute atomic E-state index is 13.1. The van der Waals surface area contributed by atoms with Crippen molar-refractivity contribution in [2.75, 3.05) is 13.2 Å². The summed E-state index contributed by atoms with van der Waals surface area (Å²) in [5, 5.41) is 123. The molecule has 12 N–H and O–H groups in total. The fraction of sp³-hybridized carbons (Fsp3) is 0.545. The Bertz CT molecular complexity index is 1800. The fourth-order valence-electron chi connectivity index (χ4n) is 6.14. The van der Waals surface area contributed by atoms with E-state index in [1.165, 1.54) is 19.1 Å². The number of hydrogen-bond acceptors (Lipinski definition) is 20. The number of phenols is 2. The maximum atomic E-state index is 13.1. The minimum absolute atomic E-state index is 0.113. The Labute approximate surface area is 298 Å². The van der Waals surface area contributed by atoms with E-state index in [9.17, 15) is 66.1 Å². The van der Waals surface area contributed by atoms with Crippen LogP contribution in [0.1, 0.15) is 6.92 Å². The Morgan fingerprint density at radius 1 is 0.642 bits per heavy atom. The average molecular weight is 757 g/mol. The summed E-state index contributed by atoms with van der Waals surface area (Å²) in [7, 11) is 0. The molecule has 53 heavy (non-hydrogen) atoms. The highest BCUT2D eigenvalue weighted by Gasteiger charge is 2.48. The Morgan fingerprint density at radius 2 is 1.25 bits per heavy atom. The molecule has 2 aromatic carbocycles. The second-order valence-corrected chi connectivity index (χ2v) is 12.9. The predicted octanol–water partition coefficient (Wildman–Crippen LogP) is -3.92. The second-order valence-electron chi connectivity index (χ2n) is 12.9. The predicted molar refractivity (Wildman–Crippen MR) is 171 cm³/mol. The monoisotopic (exact) mass is 756 g/mol. The van der Waals surface area contributed by atoms with E-state index in [1.54, 1.807) is 0 Å². The minimum atomic E-state index is -1.85. The van der Waals surface area contributed by atoms with Crippen LogP contribution in [-0.2, 0) is 18.9 Å². The number of hydrogen-bond donors (Lipinski definition) is 12. The number of aliphatic hydroxyl groups excluding tert-OH is 10. The molecule has 20 nitrogen and oxygen atoms in total. The van der Waals surface area contributed by atoms with Crippen LogP contribution in [0.2, 0.25) is 0 Å². The van der Waals surface area contributed by atoms with Crippen LogP contribution in [0.3, 0.4) is 0 Å². The lowest BCUT2D eigenvalue weighted by atomic mass is 9.98. The first kappa shape index (κ1) is 39.0. The quantitative estimate of drug-likeness (QED) is 0.0992. The zero-order valence-electron chi connectivity index (χ0n) is 27.7. The molecule has 0 saturated carbocycles. The molecule has 3 fully saturated rings. The zero-order chi connectivity index (χ0) is 38.5. The SMILES string of the molecule is CC1O[C@@H](OCC2O[C@@H](Oc3cc(O)c4c(=O)cc(-c5ccc(O[C@@H]6O[C@@H](CO)[C@@H](O)C(O)C6O)c(O)c5)oc4c3)C(O)[C@@H](O)[C@@H]2O)C(O)[C@@H](O)[C@H]1O. The number of rotatable bonds is 9. The van der Waals surface area contributed by atoms with E-state index in [2.05, 4.69) is 0 Å². The molecule has 3 saturated heterocycles. The van der Waals surface area contributed by atoms with E-state index in [1.807, 2.05) is 0 Å². The van der Waals surface area contributed by atoms with E-state index in [4.69, 9.17) is 32.8 Å². The third-order valence-corrected chi connectivity index (χ3v) is 9.27. The van der Waals surface area contributed by atoms with E-state index < -0.39 is 122 Å². The van der Waals surface area contributed by atoms with Crippen molar-refractivity contribution in [2.45, 2.75) is 99.0 Å². The number of phenolic OH excluding ortho intramolecular Hbond substituents is 2. The highest BCUT2D eigenvalue weighted by molar-refractivity contribution is 5.86.